The highest BCUT2D eigenvalue weighted by Gasteiger charge is 2.10. The summed E-state index contributed by atoms with van der Waals surface area (Å²) in [4.78, 5) is 10.5. The zero-order chi connectivity index (χ0) is 14.4. The predicted molar refractivity (Wildman–Crippen MR) is 76.7 cm³/mol. The molecule has 0 aliphatic rings. The normalized spacial score (nSPS) is 10.4. The lowest BCUT2D eigenvalue weighted by molar-refractivity contribution is 0.249. The zero-order valence-corrected chi connectivity index (χ0v) is 12.2. The van der Waals surface area contributed by atoms with Gasteiger partial charge in [-0.1, -0.05) is 12.1 Å². The van der Waals surface area contributed by atoms with Gasteiger partial charge in [0.1, 0.15) is 0 Å². The molecular weight excluding hydrogens is 326 g/mol. The number of nitrogens with one attached hydrogen (secondary N) is 2. The summed E-state index contributed by atoms with van der Waals surface area (Å²) in [6, 6.07) is 7.08. The fraction of sp³-hybridized carbons (Fsp3) is 0.250. The summed E-state index contributed by atoms with van der Waals surface area (Å²) in [5, 5.41) is 13.5. The van der Waals surface area contributed by atoms with Crippen LogP contribution in [-0.2, 0) is 6.54 Å². The van der Waals surface area contributed by atoms with Crippen LogP contribution in [0.1, 0.15) is 5.89 Å². The Bertz CT molecular complexity index is 587. The first-order valence-corrected chi connectivity index (χ1v) is 6.77. The number of nitrogens with zero attached hydrogens (tertiary/aromatic N) is 2. The Kier molecular flexibility index (Phi) is 5.08. The Labute approximate surface area is 124 Å². The lowest BCUT2D eigenvalue weighted by Gasteiger charge is -2.02. The molecule has 20 heavy (non-hydrogen) atoms. The number of rotatable bonds is 6. The molecule has 0 saturated heterocycles. The molecule has 4 N–H and O–H groups in total. The van der Waals surface area contributed by atoms with Gasteiger partial charge in [-0.3, -0.25) is 0 Å². The molecule has 0 aliphatic heterocycles. The molecular formula is C12H14BrN5O2. The highest BCUT2D eigenvalue weighted by molar-refractivity contribution is 9.10. The van der Waals surface area contributed by atoms with Crippen molar-refractivity contribution >= 4 is 22.0 Å². The second-order valence-electron chi connectivity index (χ2n) is 3.95. The van der Waals surface area contributed by atoms with Crippen molar-refractivity contribution in [2.75, 3.05) is 13.1 Å². The van der Waals surface area contributed by atoms with Crippen LogP contribution in [0.2, 0.25) is 0 Å². The third-order valence-corrected chi connectivity index (χ3v) is 3.14. The molecule has 1 aromatic heterocycles. The van der Waals surface area contributed by atoms with E-state index in [1.165, 1.54) is 0 Å². The van der Waals surface area contributed by atoms with Crippen molar-refractivity contribution in [1.82, 2.24) is 20.8 Å². The summed E-state index contributed by atoms with van der Waals surface area (Å²) in [5.41, 5.74) is 5.79. The van der Waals surface area contributed by atoms with E-state index in [1.54, 1.807) is 0 Å². The van der Waals surface area contributed by atoms with Gasteiger partial charge in [-0.15, -0.1) is 10.2 Å². The van der Waals surface area contributed by atoms with Crippen molar-refractivity contribution in [3.05, 3.63) is 34.6 Å². The van der Waals surface area contributed by atoms with Crippen LogP contribution in [0.5, 0.6) is 0 Å². The molecule has 7 nitrogen and oxygen atoms in total. The number of nitrogens with two attached hydrogens (primary N) is 1. The minimum absolute atomic E-state index is 0.428. The van der Waals surface area contributed by atoms with E-state index < -0.39 is 6.03 Å². The Morgan fingerprint density at radius 2 is 2.10 bits per heavy atom. The summed E-state index contributed by atoms with van der Waals surface area (Å²) < 4.78 is 6.45. The van der Waals surface area contributed by atoms with Crippen molar-refractivity contribution in [2.45, 2.75) is 6.54 Å². The summed E-state index contributed by atoms with van der Waals surface area (Å²) in [6.45, 7) is 1.44. The van der Waals surface area contributed by atoms with Crippen LogP contribution in [0.25, 0.3) is 11.5 Å². The lowest BCUT2D eigenvalue weighted by Crippen LogP contribution is -2.35. The first kappa shape index (κ1) is 14.5. The predicted octanol–water partition coefficient (Wildman–Crippen LogP) is 1.26. The Hall–Kier alpha value is -1.93. The number of carbonyl (C=O) groups is 1. The number of halogens is 1. The maximum atomic E-state index is 10.5. The van der Waals surface area contributed by atoms with Crippen LogP contribution in [-0.4, -0.2) is 29.3 Å². The summed E-state index contributed by atoms with van der Waals surface area (Å²) in [7, 11) is 0. The van der Waals surface area contributed by atoms with E-state index in [1.807, 2.05) is 24.3 Å². The quantitative estimate of drug-likeness (QED) is 0.687. The van der Waals surface area contributed by atoms with E-state index in [0.717, 1.165) is 10.0 Å². The van der Waals surface area contributed by atoms with Gasteiger partial charge in [-0.25, -0.2) is 4.79 Å². The monoisotopic (exact) mass is 339 g/mol. The van der Waals surface area contributed by atoms with E-state index in [9.17, 15) is 4.79 Å². The second-order valence-corrected chi connectivity index (χ2v) is 4.80. The van der Waals surface area contributed by atoms with E-state index in [2.05, 4.69) is 36.8 Å². The molecule has 2 amide bonds. The second kappa shape index (κ2) is 7.01. The first-order valence-electron chi connectivity index (χ1n) is 5.98. The van der Waals surface area contributed by atoms with E-state index in [0.29, 0.717) is 31.4 Å². The number of benzene rings is 1. The average molecular weight is 340 g/mol. The van der Waals surface area contributed by atoms with E-state index in [4.69, 9.17) is 10.2 Å². The van der Waals surface area contributed by atoms with Crippen LogP contribution >= 0.6 is 15.9 Å². The largest absolute Gasteiger partial charge is 0.419 e. The van der Waals surface area contributed by atoms with Gasteiger partial charge in [0.15, 0.2) is 0 Å². The van der Waals surface area contributed by atoms with Gasteiger partial charge in [0.05, 0.1) is 12.1 Å². The fourth-order valence-electron chi connectivity index (χ4n) is 1.54. The highest BCUT2D eigenvalue weighted by atomic mass is 79.9. The van der Waals surface area contributed by atoms with Crippen LogP contribution in [0.3, 0.4) is 0 Å². The number of carbonyl (C=O) groups excluding carboxylic acids is 1. The molecule has 0 atom stereocenters. The number of primary amides is 1. The molecule has 0 fully saturated rings. The Morgan fingerprint density at radius 3 is 2.85 bits per heavy atom. The Balaban J connectivity index is 1.87. The molecule has 1 heterocycles. The lowest BCUT2D eigenvalue weighted by atomic mass is 10.2. The molecule has 0 radical (unpaired) electrons. The van der Waals surface area contributed by atoms with Gasteiger partial charge < -0.3 is 20.8 Å². The molecule has 1 aromatic carbocycles. The molecule has 2 rings (SSSR count). The number of hydrogen-bond acceptors (Lipinski definition) is 5. The molecule has 0 bridgehead atoms. The maximum Gasteiger partial charge on any atom is 0.312 e. The zero-order valence-electron chi connectivity index (χ0n) is 10.6. The number of amides is 2. The van der Waals surface area contributed by atoms with E-state index >= 15 is 0 Å². The van der Waals surface area contributed by atoms with Crippen molar-refractivity contribution in [2.24, 2.45) is 5.73 Å². The van der Waals surface area contributed by atoms with Crippen molar-refractivity contribution in [3.8, 4) is 11.5 Å². The molecule has 0 unspecified atom stereocenters. The van der Waals surface area contributed by atoms with Crippen molar-refractivity contribution < 1.29 is 9.21 Å². The van der Waals surface area contributed by atoms with Gasteiger partial charge in [0.2, 0.25) is 11.8 Å². The van der Waals surface area contributed by atoms with Crippen LogP contribution in [0.15, 0.2) is 33.2 Å². The third-order valence-electron chi connectivity index (χ3n) is 2.45. The Morgan fingerprint density at radius 1 is 1.30 bits per heavy atom. The number of urea groups is 1. The summed E-state index contributed by atoms with van der Waals surface area (Å²) >= 11 is 3.43. The van der Waals surface area contributed by atoms with Crippen molar-refractivity contribution in [1.29, 1.82) is 0 Å². The molecule has 8 heteroatoms. The van der Waals surface area contributed by atoms with E-state index in [-0.39, 0.29) is 0 Å². The minimum Gasteiger partial charge on any atom is -0.419 e. The molecule has 0 spiro atoms. The summed E-state index contributed by atoms with van der Waals surface area (Å²) in [5.74, 6) is 0.944. The van der Waals surface area contributed by atoms with Gasteiger partial charge >= 0.3 is 6.03 Å². The van der Waals surface area contributed by atoms with Crippen molar-refractivity contribution in [3.63, 3.8) is 0 Å². The molecule has 106 valence electrons. The highest BCUT2D eigenvalue weighted by Crippen LogP contribution is 2.26. The minimum atomic E-state index is -0.541. The first-order chi connectivity index (χ1) is 9.66. The van der Waals surface area contributed by atoms with Gasteiger partial charge in [-0.2, -0.15) is 0 Å². The molecule has 0 saturated carbocycles. The van der Waals surface area contributed by atoms with Gasteiger partial charge in [0, 0.05) is 17.6 Å². The summed E-state index contributed by atoms with van der Waals surface area (Å²) in [6.07, 6.45) is 0. The van der Waals surface area contributed by atoms with Gasteiger partial charge in [0.25, 0.3) is 0 Å². The fourth-order valence-corrected chi connectivity index (χ4v) is 1.99. The topological polar surface area (TPSA) is 106 Å². The maximum absolute atomic E-state index is 10.5. The smallest absolute Gasteiger partial charge is 0.312 e. The standard InChI is InChI=1S/C12H14BrN5O2/c13-9-4-2-1-3-8(9)11-18-17-10(20-11)7-15-5-6-16-12(14)19/h1-4,15H,5-7H2,(H3,14,16,19). The SMILES string of the molecule is NC(=O)NCCNCc1nnc(-c2ccccc2Br)o1. The molecule has 2 aromatic rings. The van der Waals surface area contributed by atoms with Gasteiger partial charge in [-0.05, 0) is 28.1 Å². The molecule has 0 aliphatic carbocycles. The third kappa shape index (κ3) is 4.04. The van der Waals surface area contributed by atoms with Crippen LogP contribution < -0.4 is 16.4 Å². The van der Waals surface area contributed by atoms with Crippen LogP contribution in [0.4, 0.5) is 4.79 Å². The average Bonchev–Trinajstić information content (AvgIpc) is 2.87. The number of aromatic nitrogens is 2. The number of hydrogen-bond donors (Lipinski definition) is 3. The van der Waals surface area contributed by atoms with Crippen LogP contribution in [0, 0.1) is 0 Å².